The minimum Gasteiger partial charge on any atom is -0.396 e. The van der Waals surface area contributed by atoms with E-state index in [-0.39, 0.29) is 24.9 Å². The number of sulfone groups is 1. The Morgan fingerprint density at radius 3 is 2.48 bits per heavy atom. The van der Waals surface area contributed by atoms with Crippen LogP contribution in [0.3, 0.4) is 0 Å². The van der Waals surface area contributed by atoms with E-state index in [4.69, 9.17) is 0 Å². The van der Waals surface area contributed by atoms with Crippen molar-refractivity contribution in [2.45, 2.75) is 37.4 Å². The first kappa shape index (κ1) is 21.5. The molecule has 1 fully saturated rings. The van der Waals surface area contributed by atoms with Crippen LogP contribution < -0.4 is 5.32 Å². The molecule has 8 heteroatoms. The van der Waals surface area contributed by atoms with Gasteiger partial charge in [-0.1, -0.05) is 17.7 Å². The molecule has 3 aromatic rings. The number of nitrogens with one attached hydrogen (secondary N) is 1. The summed E-state index contributed by atoms with van der Waals surface area (Å²) >= 11 is 0. The van der Waals surface area contributed by atoms with Crippen LogP contribution in [0.25, 0.3) is 16.6 Å². The summed E-state index contributed by atoms with van der Waals surface area (Å²) in [6.07, 6.45) is 3.30. The van der Waals surface area contributed by atoms with Crippen molar-refractivity contribution >= 4 is 26.6 Å². The molecule has 1 aliphatic rings. The van der Waals surface area contributed by atoms with Gasteiger partial charge in [-0.05, 0) is 67.5 Å². The molecule has 0 spiro atoms. The Balaban J connectivity index is 2.00. The molecule has 1 aromatic heterocycles. The topological polar surface area (TPSA) is 101 Å². The number of aromatic nitrogens is 2. The number of aliphatic hydroxyl groups is 1. The van der Waals surface area contributed by atoms with Crippen molar-refractivity contribution < 1.29 is 18.3 Å². The SMILES string of the molecule is CNC(=O)c1c2cc(C3CC3)c(C(CCO)S(C)(=O)=O)cc2nn1-c1ccc(C)cc1. The van der Waals surface area contributed by atoms with Crippen LogP contribution in [-0.2, 0) is 9.84 Å². The van der Waals surface area contributed by atoms with E-state index in [2.05, 4.69) is 10.4 Å². The summed E-state index contributed by atoms with van der Waals surface area (Å²) in [5.41, 5.74) is 4.46. The Morgan fingerprint density at radius 1 is 1.26 bits per heavy atom. The fourth-order valence-corrected chi connectivity index (χ4v) is 5.32. The minimum absolute atomic E-state index is 0.130. The lowest BCUT2D eigenvalue weighted by molar-refractivity contribution is 0.0957. The fourth-order valence-electron chi connectivity index (χ4n) is 4.12. The summed E-state index contributed by atoms with van der Waals surface area (Å²) < 4.78 is 26.7. The summed E-state index contributed by atoms with van der Waals surface area (Å²) in [6, 6.07) is 11.4. The molecule has 7 nitrogen and oxygen atoms in total. The highest BCUT2D eigenvalue weighted by atomic mass is 32.2. The van der Waals surface area contributed by atoms with Gasteiger partial charge in [-0.25, -0.2) is 13.1 Å². The zero-order valence-electron chi connectivity index (χ0n) is 17.9. The smallest absolute Gasteiger partial charge is 0.270 e. The number of amides is 1. The van der Waals surface area contributed by atoms with Crippen LogP contribution in [0.5, 0.6) is 0 Å². The second-order valence-electron chi connectivity index (χ2n) is 8.28. The Labute approximate surface area is 182 Å². The van der Waals surface area contributed by atoms with E-state index in [1.54, 1.807) is 17.8 Å². The van der Waals surface area contributed by atoms with Crippen molar-refractivity contribution in [2.75, 3.05) is 19.9 Å². The first-order valence-electron chi connectivity index (χ1n) is 10.4. The molecule has 164 valence electrons. The molecule has 1 aliphatic carbocycles. The van der Waals surface area contributed by atoms with Crippen LogP contribution in [0.2, 0.25) is 0 Å². The molecule has 0 saturated heterocycles. The standard InChI is InChI=1S/C23H27N3O4S/c1-14-4-8-16(9-5-14)26-22(23(28)24-2)19-12-17(15-6-7-15)18(13-20(19)25-26)21(10-11-27)31(3,29)30/h4-5,8-9,12-13,15,21,27H,6-7,10-11H2,1-3H3,(H,24,28). The van der Waals surface area contributed by atoms with Gasteiger partial charge in [0.2, 0.25) is 0 Å². The van der Waals surface area contributed by atoms with Gasteiger partial charge in [0.05, 0.1) is 16.5 Å². The van der Waals surface area contributed by atoms with Gasteiger partial charge in [-0.3, -0.25) is 4.79 Å². The fraction of sp³-hybridized carbons (Fsp3) is 0.391. The summed E-state index contributed by atoms with van der Waals surface area (Å²) in [7, 11) is -1.85. The average molecular weight is 442 g/mol. The van der Waals surface area contributed by atoms with Crippen LogP contribution in [0, 0.1) is 6.92 Å². The number of benzene rings is 2. The molecule has 1 saturated carbocycles. The third-order valence-electron chi connectivity index (χ3n) is 5.87. The van der Waals surface area contributed by atoms with Crippen molar-refractivity contribution in [3.05, 3.63) is 58.8 Å². The maximum Gasteiger partial charge on any atom is 0.270 e. The number of aryl methyl sites for hydroxylation is 1. The van der Waals surface area contributed by atoms with Crippen LogP contribution in [-0.4, -0.2) is 49.1 Å². The van der Waals surface area contributed by atoms with E-state index < -0.39 is 15.1 Å². The number of fused-ring (bicyclic) bond motifs is 1. The van der Waals surface area contributed by atoms with Crippen molar-refractivity contribution in [1.29, 1.82) is 0 Å². The maximum absolute atomic E-state index is 12.8. The molecule has 0 radical (unpaired) electrons. The zero-order valence-corrected chi connectivity index (χ0v) is 18.7. The number of carbonyl (C=O) groups excluding carboxylic acids is 1. The minimum atomic E-state index is -3.43. The molecule has 0 aliphatic heterocycles. The van der Waals surface area contributed by atoms with E-state index in [1.807, 2.05) is 37.3 Å². The maximum atomic E-state index is 12.8. The largest absolute Gasteiger partial charge is 0.396 e. The van der Waals surface area contributed by atoms with Gasteiger partial charge in [-0.15, -0.1) is 0 Å². The van der Waals surface area contributed by atoms with Crippen molar-refractivity contribution in [3.8, 4) is 5.69 Å². The summed E-state index contributed by atoms with van der Waals surface area (Å²) in [6.45, 7) is 1.77. The normalized spacial score (nSPS) is 15.2. The van der Waals surface area contributed by atoms with Gasteiger partial charge in [0, 0.05) is 25.3 Å². The highest BCUT2D eigenvalue weighted by molar-refractivity contribution is 7.90. The first-order chi connectivity index (χ1) is 14.7. The number of aliphatic hydroxyl groups excluding tert-OH is 1. The van der Waals surface area contributed by atoms with E-state index in [0.29, 0.717) is 22.2 Å². The molecule has 2 N–H and O–H groups in total. The second-order valence-corrected chi connectivity index (χ2v) is 10.5. The monoisotopic (exact) mass is 441 g/mol. The molecular formula is C23H27N3O4S. The summed E-state index contributed by atoms with van der Waals surface area (Å²) in [5, 5.41) is 16.8. The molecule has 1 heterocycles. The van der Waals surface area contributed by atoms with Gasteiger partial charge in [-0.2, -0.15) is 5.10 Å². The predicted octanol–water partition coefficient (Wildman–Crippen LogP) is 3.04. The van der Waals surface area contributed by atoms with Crippen molar-refractivity contribution in [2.24, 2.45) is 0 Å². The summed E-state index contributed by atoms with van der Waals surface area (Å²) in [4.78, 5) is 12.8. The lowest BCUT2D eigenvalue weighted by Crippen LogP contribution is -2.22. The number of carbonyl (C=O) groups is 1. The molecule has 1 atom stereocenters. The zero-order chi connectivity index (χ0) is 22.3. The van der Waals surface area contributed by atoms with Crippen LogP contribution in [0.1, 0.15) is 57.6 Å². The third-order valence-corrected chi connectivity index (χ3v) is 7.39. The van der Waals surface area contributed by atoms with E-state index in [9.17, 15) is 18.3 Å². The average Bonchev–Trinajstić information content (AvgIpc) is 3.51. The van der Waals surface area contributed by atoms with E-state index in [1.165, 1.54) is 6.26 Å². The van der Waals surface area contributed by atoms with Crippen molar-refractivity contribution in [1.82, 2.24) is 15.1 Å². The summed E-state index contributed by atoms with van der Waals surface area (Å²) in [5.74, 6) is 0.00944. The molecule has 0 bridgehead atoms. The van der Waals surface area contributed by atoms with Gasteiger partial charge >= 0.3 is 0 Å². The Kier molecular flexibility index (Phi) is 5.61. The van der Waals surface area contributed by atoms with Gasteiger partial charge in [0.15, 0.2) is 9.84 Å². The molecule has 31 heavy (non-hydrogen) atoms. The Morgan fingerprint density at radius 2 is 1.94 bits per heavy atom. The quantitative estimate of drug-likeness (QED) is 0.587. The lowest BCUT2D eigenvalue weighted by Gasteiger charge is -2.18. The van der Waals surface area contributed by atoms with Crippen molar-refractivity contribution in [3.63, 3.8) is 0 Å². The third kappa shape index (κ3) is 4.09. The molecule has 1 amide bonds. The Hall–Kier alpha value is -2.71. The van der Waals surface area contributed by atoms with Crippen LogP contribution >= 0.6 is 0 Å². The van der Waals surface area contributed by atoms with Crippen LogP contribution in [0.4, 0.5) is 0 Å². The van der Waals surface area contributed by atoms with Gasteiger partial charge in [0.1, 0.15) is 5.69 Å². The number of rotatable bonds is 7. The Bertz CT molecular complexity index is 1240. The molecule has 1 unspecified atom stereocenters. The lowest BCUT2D eigenvalue weighted by atomic mass is 9.96. The number of hydrogen-bond donors (Lipinski definition) is 2. The van der Waals surface area contributed by atoms with Crippen LogP contribution in [0.15, 0.2) is 36.4 Å². The molecule has 4 rings (SSSR count). The molecular weight excluding hydrogens is 414 g/mol. The highest BCUT2D eigenvalue weighted by Crippen LogP contribution is 2.46. The first-order valence-corrected chi connectivity index (χ1v) is 12.4. The van der Waals surface area contributed by atoms with E-state index in [0.717, 1.165) is 29.7 Å². The van der Waals surface area contributed by atoms with Gasteiger partial charge in [0.25, 0.3) is 5.91 Å². The number of hydrogen-bond acceptors (Lipinski definition) is 5. The second kappa shape index (κ2) is 8.09. The molecule has 2 aromatic carbocycles. The number of nitrogens with zero attached hydrogens (tertiary/aromatic N) is 2. The highest BCUT2D eigenvalue weighted by Gasteiger charge is 2.34. The van der Waals surface area contributed by atoms with Gasteiger partial charge < -0.3 is 10.4 Å². The van der Waals surface area contributed by atoms with E-state index >= 15 is 0 Å². The predicted molar refractivity (Wildman–Crippen MR) is 120 cm³/mol.